The SMILES string of the molecule is COCC(=O)N1CCC(NCc2ccc(C)nc2)CC1. The number of ether oxygens (including phenoxy) is 1. The van der Waals surface area contributed by atoms with Gasteiger partial charge in [0, 0.05) is 44.7 Å². The zero-order valence-corrected chi connectivity index (χ0v) is 12.3. The van der Waals surface area contributed by atoms with Crippen molar-refractivity contribution in [2.45, 2.75) is 32.4 Å². The molecule has 5 nitrogen and oxygen atoms in total. The number of rotatable bonds is 5. The van der Waals surface area contributed by atoms with Gasteiger partial charge in [0.25, 0.3) is 0 Å². The molecule has 0 unspecified atom stereocenters. The summed E-state index contributed by atoms with van der Waals surface area (Å²) in [6.07, 6.45) is 3.91. The molecule has 1 aliphatic rings. The molecule has 1 aromatic heterocycles. The number of piperidine rings is 1. The Labute approximate surface area is 120 Å². The summed E-state index contributed by atoms with van der Waals surface area (Å²) < 4.78 is 4.88. The van der Waals surface area contributed by atoms with Crippen LogP contribution < -0.4 is 5.32 Å². The summed E-state index contributed by atoms with van der Waals surface area (Å²) in [5.41, 5.74) is 2.24. The Hall–Kier alpha value is -1.46. The van der Waals surface area contributed by atoms with Gasteiger partial charge in [-0.25, -0.2) is 0 Å². The first kappa shape index (κ1) is 14.9. The van der Waals surface area contributed by atoms with Gasteiger partial charge in [0.15, 0.2) is 0 Å². The zero-order valence-electron chi connectivity index (χ0n) is 12.3. The lowest BCUT2D eigenvalue weighted by Crippen LogP contribution is -2.45. The van der Waals surface area contributed by atoms with Gasteiger partial charge in [-0.1, -0.05) is 6.07 Å². The van der Waals surface area contributed by atoms with Gasteiger partial charge in [-0.3, -0.25) is 9.78 Å². The maximum Gasteiger partial charge on any atom is 0.248 e. The highest BCUT2D eigenvalue weighted by atomic mass is 16.5. The summed E-state index contributed by atoms with van der Waals surface area (Å²) in [5, 5.41) is 3.54. The van der Waals surface area contributed by atoms with Crippen LogP contribution in [0.15, 0.2) is 18.3 Å². The predicted octanol–water partition coefficient (Wildman–Crippen LogP) is 1.12. The molecule has 1 saturated heterocycles. The molecule has 0 saturated carbocycles. The quantitative estimate of drug-likeness (QED) is 0.876. The van der Waals surface area contributed by atoms with Crippen molar-refractivity contribution in [3.05, 3.63) is 29.6 Å². The molecule has 2 heterocycles. The first-order valence-corrected chi connectivity index (χ1v) is 7.10. The number of methoxy groups -OCH3 is 1. The molecule has 0 aliphatic carbocycles. The van der Waals surface area contributed by atoms with Crippen LogP contribution in [0.2, 0.25) is 0 Å². The van der Waals surface area contributed by atoms with Crippen molar-refractivity contribution in [1.29, 1.82) is 0 Å². The Morgan fingerprint density at radius 1 is 1.45 bits per heavy atom. The number of aryl methyl sites for hydroxylation is 1. The van der Waals surface area contributed by atoms with Gasteiger partial charge in [-0.2, -0.15) is 0 Å². The van der Waals surface area contributed by atoms with E-state index in [9.17, 15) is 4.79 Å². The monoisotopic (exact) mass is 277 g/mol. The maximum absolute atomic E-state index is 11.7. The standard InChI is InChI=1S/C15H23N3O2/c1-12-3-4-13(9-16-12)10-17-14-5-7-18(8-6-14)15(19)11-20-2/h3-4,9,14,17H,5-8,10-11H2,1-2H3. The molecule has 1 amide bonds. The Balaban J connectivity index is 1.72. The van der Waals surface area contributed by atoms with E-state index in [-0.39, 0.29) is 12.5 Å². The van der Waals surface area contributed by atoms with Gasteiger partial charge in [-0.05, 0) is 31.4 Å². The third-order valence-corrected chi connectivity index (χ3v) is 3.68. The van der Waals surface area contributed by atoms with Crippen LogP contribution in [-0.4, -0.2) is 48.6 Å². The Bertz CT molecular complexity index is 425. The van der Waals surface area contributed by atoms with Crippen LogP contribution in [-0.2, 0) is 16.1 Å². The second-order valence-electron chi connectivity index (χ2n) is 5.28. The highest BCUT2D eigenvalue weighted by Gasteiger charge is 2.22. The average Bonchev–Trinajstić information content (AvgIpc) is 2.47. The molecule has 20 heavy (non-hydrogen) atoms. The summed E-state index contributed by atoms with van der Waals surface area (Å²) in [6.45, 7) is 4.64. The molecule has 1 aliphatic heterocycles. The Morgan fingerprint density at radius 3 is 2.80 bits per heavy atom. The maximum atomic E-state index is 11.7. The van der Waals surface area contributed by atoms with E-state index in [4.69, 9.17) is 4.74 Å². The van der Waals surface area contributed by atoms with Crippen molar-refractivity contribution in [3.8, 4) is 0 Å². The number of amides is 1. The van der Waals surface area contributed by atoms with E-state index < -0.39 is 0 Å². The van der Waals surface area contributed by atoms with Crippen molar-refractivity contribution < 1.29 is 9.53 Å². The van der Waals surface area contributed by atoms with Crippen LogP contribution in [0.25, 0.3) is 0 Å². The molecule has 0 atom stereocenters. The summed E-state index contributed by atoms with van der Waals surface area (Å²) in [6, 6.07) is 4.61. The van der Waals surface area contributed by atoms with Gasteiger partial charge in [0.1, 0.15) is 6.61 Å². The number of hydrogen-bond donors (Lipinski definition) is 1. The third kappa shape index (κ3) is 4.28. The van der Waals surface area contributed by atoms with Crippen LogP contribution in [0, 0.1) is 6.92 Å². The Morgan fingerprint density at radius 2 is 2.20 bits per heavy atom. The van der Waals surface area contributed by atoms with E-state index >= 15 is 0 Å². The highest BCUT2D eigenvalue weighted by Crippen LogP contribution is 2.11. The molecular weight excluding hydrogens is 254 g/mol. The van der Waals surface area contributed by atoms with Gasteiger partial charge < -0.3 is 15.0 Å². The van der Waals surface area contributed by atoms with Gasteiger partial charge in [-0.15, -0.1) is 0 Å². The summed E-state index contributed by atoms with van der Waals surface area (Å²) >= 11 is 0. The van der Waals surface area contributed by atoms with E-state index in [2.05, 4.69) is 16.4 Å². The normalized spacial score (nSPS) is 16.4. The van der Waals surface area contributed by atoms with Gasteiger partial charge in [0.2, 0.25) is 5.91 Å². The molecule has 1 aromatic rings. The number of nitrogens with zero attached hydrogens (tertiary/aromatic N) is 2. The molecular formula is C15H23N3O2. The smallest absolute Gasteiger partial charge is 0.248 e. The molecule has 0 spiro atoms. The lowest BCUT2D eigenvalue weighted by atomic mass is 10.0. The lowest BCUT2D eigenvalue weighted by Gasteiger charge is -2.32. The van der Waals surface area contributed by atoms with Crippen molar-refractivity contribution in [3.63, 3.8) is 0 Å². The fourth-order valence-corrected chi connectivity index (χ4v) is 2.41. The topological polar surface area (TPSA) is 54.5 Å². The minimum atomic E-state index is 0.0914. The van der Waals surface area contributed by atoms with E-state index in [1.165, 1.54) is 5.56 Å². The van der Waals surface area contributed by atoms with Crippen molar-refractivity contribution in [2.75, 3.05) is 26.8 Å². The van der Waals surface area contributed by atoms with E-state index in [0.717, 1.165) is 38.2 Å². The average molecular weight is 277 g/mol. The third-order valence-electron chi connectivity index (χ3n) is 3.68. The first-order valence-electron chi connectivity index (χ1n) is 7.10. The van der Waals surface area contributed by atoms with Crippen molar-refractivity contribution in [2.24, 2.45) is 0 Å². The number of pyridine rings is 1. The van der Waals surface area contributed by atoms with Crippen molar-refractivity contribution in [1.82, 2.24) is 15.2 Å². The zero-order chi connectivity index (χ0) is 14.4. The minimum Gasteiger partial charge on any atom is -0.375 e. The van der Waals surface area contributed by atoms with Gasteiger partial charge >= 0.3 is 0 Å². The summed E-state index contributed by atoms with van der Waals surface area (Å²) in [4.78, 5) is 17.9. The van der Waals surface area contributed by atoms with Crippen LogP contribution >= 0.6 is 0 Å². The molecule has 0 aromatic carbocycles. The van der Waals surface area contributed by atoms with Crippen molar-refractivity contribution >= 4 is 5.91 Å². The molecule has 110 valence electrons. The van der Waals surface area contributed by atoms with E-state index in [1.54, 1.807) is 7.11 Å². The van der Waals surface area contributed by atoms with E-state index in [1.807, 2.05) is 24.1 Å². The molecule has 0 radical (unpaired) electrons. The molecule has 5 heteroatoms. The van der Waals surface area contributed by atoms with Crippen LogP contribution in [0.4, 0.5) is 0 Å². The fourth-order valence-electron chi connectivity index (χ4n) is 2.41. The second kappa shape index (κ2) is 7.36. The summed E-state index contributed by atoms with van der Waals surface area (Å²) in [7, 11) is 1.56. The molecule has 1 fully saturated rings. The second-order valence-corrected chi connectivity index (χ2v) is 5.28. The fraction of sp³-hybridized carbons (Fsp3) is 0.600. The number of nitrogens with one attached hydrogen (secondary N) is 1. The van der Waals surface area contributed by atoms with Crippen LogP contribution in [0.5, 0.6) is 0 Å². The minimum absolute atomic E-state index is 0.0914. The van der Waals surface area contributed by atoms with E-state index in [0.29, 0.717) is 6.04 Å². The first-order chi connectivity index (χ1) is 9.69. The molecule has 1 N–H and O–H groups in total. The number of hydrogen-bond acceptors (Lipinski definition) is 4. The highest BCUT2D eigenvalue weighted by molar-refractivity contribution is 5.77. The predicted molar refractivity (Wildman–Crippen MR) is 77.3 cm³/mol. The molecule has 0 bridgehead atoms. The lowest BCUT2D eigenvalue weighted by molar-refractivity contribution is -0.136. The number of carbonyl (C=O) groups excluding carboxylic acids is 1. The van der Waals surface area contributed by atoms with Crippen LogP contribution in [0.3, 0.4) is 0 Å². The largest absolute Gasteiger partial charge is 0.375 e. The summed E-state index contributed by atoms with van der Waals surface area (Å²) in [5.74, 6) is 0.0914. The number of carbonyl (C=O) groups is 1. The van der Waals surface area contributed by atoms with Crippen LogP contribution in [0.1, 0.15) is 24.1 Å². The number of aromatic nitrogens is 1. The number of likely N-dealkylation sites (tertiary alicyclic amines) is 1. The molecule has 2 rings (SSSR count). The Kier molecular flexibility index (Phi) is 5.49. The van der Waals surface area contributed by atoms with Gasteiger partial charge in [0.05, 0.1) is 0 Å².